The number of hydrogen-bond acceptors (Lipinski definition) is 3. The Morgan fingerprint density at radius 2 is 1.79 bits per heavy atom. The first kappa shape index (κ1) is 17.9. The molecule has 5 heteroatoms. The second kappa shape index (κ2) is 8.15. The maximum Gasteiger partial charge on any atom is 0.305 e. The first-order chi connectivity index (χ1) is 8.68. The summed E-state index contributed by atoms with van der Waals surface area (Å²) < 4.78 is 0. The van der Waals surface area contributed by atoms with Gasteiger partial charge < -0.3 is 15.7 Å². The number of nitrogens with two attached hydrogens (primary N) is 1. The van der Waals surface area contributed by atoms with Crippen molar-refractivity contribution >= 4 is 11.9 Å². The Morgan fingerprint density at radius 3 is 2.21 bits per heavy atom. The Hall–Kier alpha value is -1.10. The molecule has 0 aromatic heterocycles. The van der Waals surface area contributed by atoms with Crippen LogP contribution in [0.5, 0.6) is 0 Å². The van der Waals surface area contributed by atoms with Crippen LogP contribution in [0.3, 0.4) is 0 Å². The summed E-state index contributed by atoms with van der Waals surface area (Å²) in [6.07, 6.45) is 2.16. The van der Waals surface area contributed by atoms with Gasteiger partial charge in [-0.3, -0.25) is 9.59 Å². The van der Waals surface area contributed by atoms with Crippen LogP contribution in [0, 0.1) is 5.92 Å². The highest BCUT2D eigenvalue weighted by molar-refractivity contribution is 5.77. The average molecular weight is 272 g/mol. The Kier molecular flexibility index (Phi) is 7.68. The summed E-state index contributed by atoms with van der Waals surface area (Å²) in [5.74, 6) is -0.425. The van der Waals surface area contributed by atoms with E-state index in [-0.39, 0.29) is 24.4 Å². The molecule has 0 aliphatic carbocycles. The van der Waals surface area contributed by atoms with Gasteiger partial charge in [-0.1, -0.05) is 6.92 Å². The molecule has 0 rings (SSSR count). The van der Waals surface area contributed by atoms with Gasteiger partial charge in [0.15, 0.2) is 0 Å². The monoisotopic (exact) mass is 272 g/mol. The highest BCUT2D eigenvalue weighted by Crippen LogP contribution is 2.18. The van der Waals surface area contributed by atoms with E-state index in [1.54, 1.807) is 4.90 Å². The summed E-state index contributed by atoms with van der Waals surface area (Å²) in [5, 5.41) is 8.75. The third-order valence-electron chi connectivity index (χ3n) is 3.17. The van der Waals surface area contributed by atoms with Crippen molar-refractivity contribution in [2.45, 2.75) is 58.9 Å². The number of amides is 1. The van der Waals surface area contributed by atoms with Crippen molar-refractivity contribution in [3.63, 3.8) is 0 Å². The first-order valence-electron chi connectivity index (χ1n) is 6.90. The van der Waals surface area contributed by atoms with Crippen LogP contribution in [-0.4, -0.2) is 40.5 Å². The number of carbonyl (C=O) groups excluding carboxylic acids is 1. The Balaban J connectivity index is 4.43. The summed E-state index contributed by atoms with van der Waals surface area (Å²) in [6.45, 7) is 8.77. The maximum atomic E-state index is 12.2. The molecule has 5 nitrogen and oxygen atoms in total. The van der Waals surface area contributed by atoms with Crippen molar-refractivity contribution in [3.8, 4) is 0 Å². The van der Waals surface area contributed by atoms with Crippen LogP contribution in [0.2, 0.25) is 0 Å². The first-order valence-corrected chi connectivity index (χ1v) is 6.90. The van der Waals surface area contributed by atoms with Crippen LogP contribution >= 0.6 is 0 Å². The van der Waals surface area contributed by atoms with Crippen LogP contribution in [0.15, 0.2) is 0 Å². The molecule has 1 amide bonds. The highest BCUT2D eigenvalue weighted by Gasteiger charge is 2.26. The minimum absolute atomic E-state index is 0.0125. The van der Waals surface area contributed by atoms with E-state index >= 15 is 0 Å². The molecular formula is C14H28N2O3. The molecule has 1 unspecified atom stereocenters. The van der Waals surface area contributed by atoms with Gasteiger partial charge in [0.25, 0.3) is 0 Å². The molecule has 0 fully saturated rings. The molecule has 0 spiro atoms. The molecular weight excluding hydrogens is 244 g/mol. The standard InChI is InChI=1S/C14H28N2O3/c1-11(7-9-15)5-6-12(17)16(14(2,3)4)10-8-13(18)19/h11H,5-10,15H2,1-4H3,(H,18,19). The van der Waals surface area contributed by atoms with Gasteiger partial charge in [-0.15, -0.1) is 0 Å². The Morgan fingerprint density at radius 1 is 1.21 bits per heavy atom. The van der Waals surface area contributed by atoms with Gasteiger partial charge in [0.1, 0.15) is 0 Å². The molecule has 0 bridgehead atoms. The number of aliphatic carboxylic acids is 1. The fraction of sp³-hybridized carbons (Fsp3) is 0.857. The summed E-state index contributed by atoms with van der Waals surface area (Å²) in [7, 11) is 0. The second-order valence-electron chi connectivity index (χ2n) is 6.08. The fourth-order valence-electron chi connectivity index (χ4n) is 1.98. The molecule has 0 aliphatic heterocycles. The van der Waals surface area contributed by atoms with Gasteiger partial charge in [-0.25, -0.2) is 0 Å². The summed E-state index contributed by atoms with van der Waals surface area (Å²) in [4.78, 5) is 24.5. The van der Waals surface area contributed by atoms with Gasteiger partial charge in [-0.2, -0.15) is 0 Å². The average Bonchev–Trinajstić information content (AvgIpc) is 2.24. The Bertz CT molecular complexity index is 298. The van der Waals surface area contributed by atoms with Crippen molar-refractivity contribution in [3.05, 3.63) is 0 Å². The van der Waals surface area contributed by atoms with Gasteiger partial charge in [-0.05, 0) is 46.1 Å². The lowest BCUT2D eigenvalue weighted by molar-refractivity contribution is -0.140. The van der Waals surface area contributed by atoms with Crippen LogP contribution in [0.1, 0.15) is 53.4 Å². The van der Waals surface area contributed by atoms with Gasteiger partial charge >= 0.3 is 5.97 Å². The van der Waals surface area contributed by atoms with Crippen LogP contribution in [0.25, 0.3) is 0 Å². The van der Waals surface area contributed by atoms with Crippen molar-refractivity contribution in [2.24, 2.45) is 11.7 Å². The minimum atomic E-state index is -0.876. The third kappa shape index (κ3) is 7.82. The summed E-state index contributed by atoms with van der Waals surface area (Å²) in [6, 6.07) is 0. The highest BCUT2D eigenvalue weighted by atomic mass is 16.4. The van der Waals surface area contributed by atoms with E-state index in [2.05, 4.69) is 6.92 Å². The zero-order valence-corrected chi connectivity index (χ0v) is 12.6. The Labute approximate surface area is 116 Å². The predicted octanol–water partition coefficient (Wildman–Crippen LogP) is 1.85. The molecule has 0 radical (unpaired) electrons. The zero-order valence-electron chi connectivity index (χ0n) is 12.6. The number of hydrogen-bond donors (Lipinski definition) is 2. The van der Waals surface area contributed by atoms with Crippen molar-refractivity contribution in [2.75, 3.05) is 13.1 Å². The molecule has 0 aromatic rings. The molecule has 0 saturated carbocycles. The van der Waals surface area contributed by atoms with Crippen molar-refractivity contribution in [1.29, 1.82) is 0 Å². The largest absolute Gasteiger partial charge is 0.481 e. The number of carboxylic acid groups (broad SMARTS) is 1. The topological polar surface area (TPSA) is 83.6 Å². The van der Waals surface area contributed by atoms with E-state index in [0.29, 0.717) is 18.9 Å². The smallest absolute Gasteiger partial charge is 0.305 e. The predicted molar refractivity (Wildman–Crippen MR) is 75.8 cm³/mol. The lowest BCUT2D eigenvalue weighted by Crippen LogP contribution is -2.46. The number of carbonyl (C=O) groups is 2. The van der Waals surface area contributed by atoms with E-state index in [0.717, 1.165) is 12.8 Å². The van der Waals surface area contributed by atoms with E-state index in [1.807, 2.05) is 20.8 Å². The molecule has 0 aromatic carbocycles. The van der Waals surface area contributed by atoms with E-state index in [4.69, 9.17) is 10.8 Å². The molecule has 0 aliphatic rings. The fourth-order valence-corrected chi connectivity index (χ4v) is 1.98. The molecule has 112 valence electrons. The SMILES string of the molecule is CC(CCN)CCC(=O)N(CCC(=O)O)C(C)(C)C. The molecule has 0 saturated heterocycles. The number of rotatable bonds is 8. The van der Waals surface area contributed by atoms with E-state index in [1.165, 1.54) is 0 Å². The van der Waals surface area contributed by atoms with Crippen molar-refractivity contribution in [1.82, 2.24) is 4.90 Å². The third-order valence-corrected chi connectivity index (χ3v) is 3.17. The van der Waals surface area contributed by atoms with Crippen LogP contribution in [-0.2, 0) is 9.59 Å². The lowest BCUT2D eigenvalue weighted by Gasteiger charge is -2.35. The van der Waals surface area contributed by atoms with Crippen LogP contribution < -0.4 is 5.73 Å². The van der Waals surface area contributed by atoms with E-state index in [9.17, 15) is 9.59 Å². The summed E-state index contributed by atoms with van der Waals surface area (Å²) in [5.41, 5.74) is 5.14. The van der Waals surface area contributed by atoms with Crippen molar-refractivity contribution < 1.29 is 14.7 Å². The second-order valence-corrected chi connectivity index (χ2v) is 6.08. The molecule has 3 N–H and O–H groups in total. The van der Waals surface area contributed by atoms with E-state index < -0.39 is 5.97 Å². The quantitative estimate of drug-likeness (QED) is 0.706. The number of nitrogens with zero attached hydrogens (tertiary/aromatic N) is 1. The van der Waals surface area contributed by atoms with Gasteiger partial charge in [0.2, 0.25) is 5.91 Å². The minimum Gasteiger partial charge on any atom is -0.481 e. The normalized spacial score (nSPS) is 13.1. The lowest BCUT2D eigenvalue weighted by atomic mass is 9.99. The molecule has 0 heterocycles. The zero-order chi connectivity index (χ0) is 15.1. The van der Waals surface area contributed by atoms with Crippen LogP contribution in [0.4, 0.5) is 0 Å². The van der Waals surface area contributed by atoms with Gasteiger partial charge in [0.05, 0.1) is 6.42 Å². The summed E-state index contributed by atoms with van der Waals surface area (Å²) >= 11 is 0. The van der Waals surface area contributed by atoms with Gasteiger partial charge in [0, 0.05) is 18.5 Å². The molecule has 1 atom stereocenters. The number of carboxylic acids is 1. The molecule has 19 heavy (non-hydrogen) atoms. The maximum absolute atomic E-state index is 12.2.